The molecule has 0 heterocycles. The van der Waals surface area contributed by atoms with Crippen LogP contribution in [-0.2, 0) is 0 Å². The van der Waals surface area contributed by atoms with Crippen LogP contribution < -0.4 is 0 Å². The van der Waals surface area contributed by atoms with Crippen LogP contribution in [0.3, 0.4) is 0 Å². The lowest BCUT2D eigenvalue weighted by molar-refractivity contribution is -0.0747. The fourth-order valence-electron chi connectivity index (χ4n) is 0. The number of rotatable bonds is 1. The maximum Gasteiger partial charge on any atom is 0.175 e. The molecular weight excluding hydrogens is 120 g/mol. The predicted octanol–water partition coefficient (Wildman–Crippen LogP) is -0.128. The molecule has 0 aliphatic rings. The number of allylic oxidation sites excluding steroid dienone is 2. The minimum Gasteiger partial charge on any atom is -0.391 e. The van der Waals surface area contributed by atoms with Gasteiger partial charge in [-0.05, 0) is 13.8 Å². The quantitative estimate of drug-likeness (QED) is 0.346. The summed E-state index contributed by atoms with van der Waals surface area (Å²) in [5, 5.41) is 23.0. The van der Waals surface area contributed by atoms with Gasteiger partial charge in [0.25, 0.3) is 0 Å². The number of hydrogen-bond acceptors (Lipinski definition) is 3. The van der Waals surface area contributed by atoms with Gasteiger partial charge in [-0.15, -0.1) is 0 Å². The van der Waals surface area contributed by atoms with Crippen LogP contribution in [0.2, 0.25) is 0 Å². The molecule has 3 nitrogen and oxygen atoms in total. The zero-order chi connectivity index (χ0) is 7.70. The maximum atomic E-state index is 7.67. The van der Waals surface area contributed by atoms with Crippen molar-refractivity contribution in [2.24, 2.45) is 0 Å². The topological polar surface area (TPSA) is 60.7 Å². The highest BCUT2D eigenvalue weighted by molar-refractivity contribution is 4.68. The van der Waals surface area contributed by atoms with Crippen molar-refractivity contribution in [3.8, 4) is 0 Å². The summed E-state index contributed by atoms with van der Waals surface area (Å²) in [5.41, 5.74) is 0. The Balaban J connectivity index is 0. The van der Waals surface area contributed by atoms with Gasteiger partial charge in [-0.25, -0.2) is 0 Å². The zero-order valence-corrected chi connectivity index (χ0v) is 5.78. The molecule has 0 radical (unpaired) electrons. The molecule has 0 aromatic carbocycles. The number of aliphatic hydroxyl groups is 3. The first-order valence-corrected chi connectivity index (χ1v) is 2.73. The van der Waals surface area contributed by atoms with Crippen molar-refractivity contribution in [1.29, 1.82) is 0 Å². The second kappa shape index (κ2) is 10.6. The second-order valence-corrected chi connectivity index (χ2v) is 1.33. The van der Waals surface area contributed by atoms with Gasteiger partial charge < -0.3 is 15.3 Å². The van der Waals surface area contributed by atoms with Crippen molar-refractivity contribution in [1.82, 2.24) is 0 Å². The monoisotopic (exact) mass is 134 g/mol. The lowest BCUT2D eigenvalue weighted by Crippen LogP contribution is -2.08. The summed E-state index contributed by atoms with van der Waals surface area (Å²) in [6.45, 7) is 3.42. The van der Waals surface area contributed by atoms with E-state index in [0.717, 1.165) is 0 Å². The Bertz CT molecular complexity index is 55.3. The van der Waals surface area contributed by atoms with E-state index in [4.69, 9.17) is 15.3 Å². The summed E-state index contributed by atoms with van der Waals surface area (Å²) < 4.78 is 0. The van der Waals surface area contributed by atoms with E-state index in [2.05, 4.69) is 0 Å². The summed E-state index contributed by atoms with van der Waals surface area (Å²) in [7, 11) is 0. The molecular formula is C6H14O3. The van der Waals surface area contributed by atoms with E-state index in [1.165, 1.54) is 0 Å². The Hall–Kier alpha value is -0.380. The molecule has 0 rings (SSSR count). The Morgan fingerprint density at radius 2 is 1.44 bits per heavy atom. The highest BCUT2D eigenvalue weighted by Gasteiger charge is 1.85. The molecule has 0 saturated heterocycles. The molecule has 0 bridgehead atoms. The molecule has 0 aliphatic heterocycles. The average molecular weight is 134 g/mol. The number of aliphatic hydroxyl groups excluding tert-OH is 2. The summed E-state index contributed by atoms with van der Waals surface area (Å²) in [5.74, 6) is 0. The lowest BCUT2D eigenvalue weighted by atomic mass is 10.6. The van der Waals surface area contributed by atoms with E-state index in [0.29, 0.717) is 0 Å². The minimum absolute atomic E-state index is 0.583. The van der Waals surface area contributed by atoms with Crippen LogP contribution in [-0.4, -0.2) is 28.2 Å². The first-order chi connectivity index (χ1) is 4.18. The predicted molar refractivity (Wildman–Crippen MR) is 35.8 cm³/mol. The molecule has 0 aliphatic carbocycles. The normalized spacial score (nSPS) is 9.56. The molecule has 3 heteroatoms. The fraction of sp³-hybridized carbons (Fsp3) is 0.667. The van der Waals surface area contributed by atoms with E-state index in [-0.39, 0.29) is 0 Å². The highest BCUT2D eigenvalue weighted by atomic mass is 16.5. The SMILES string of the molecule is CC=CC.OCC(O)O. The molecule has 0 amide bonds. The van der Waals surface area contributed by atoms with Crippen LogP contribution in [0.25, 0.3) is 0 Å². The van der Waals surface area contributed by atoms with Crippen LogP contribution >= 0.6 is 0 Å². The third-order valence-electron chi connectivity index (χ3n) is 0.497. The summed E-state index contributed by atoms with van der Waals surface area (Å²) >= 11 is 0. The van der Waals surface area contributed by atoms with Crippen LogP contribution in [0.15, 0.2) is 12.2 Å². The second-order valence-electron chi connectivity index (χ2n) is 1.33. The molecule has 0 saturated carbocycles. The van der Waals surface area contributed by atoms with E-state index >= 15 is 0 Å². The van der Waals surface area contributed by atoms with Crippen LogP contribution in [0.4, 0.5) is 0 Å². The van der Waals surface area contributed by atoms with Gasteiger partial charge in [0.2, 0.25) is 0 Å². The van der Waals surface area contributed by atoms with Gasteiger partial charge in [0.05, 0.1) is 6.61 Å². The van der Waals surface area contributed by atoms with Crippen molar-refractivity contribution < 1.29 is 15.3 Å². The standard InChI is InChI=1S/C4H8.C2H6O3/c1-3-4-2;3-1-2(4)5/h3-4H,1-2H3;2-5H,1H2. The van der Waals surface area contributed by atoms with E-state index in [1.807, 2.05) is 26.0 Å². The third-order valence-corrected chi connectivity index (χ3v) is 0.497. The first kappa shape index (κ1) is 11.4. The summed E-state index contributed by atoms with van der Waals surface area (Å²) in [4.78, 5) is 0. The Kier molecular flexibility index (Phi) is 13.4. The molecule has 56 valence electrons. The molecule has 3 N–H and O–H groups in total. The maximum absolute atomic E-state index is 7.67. The van der Waals surface area contributed by atoms with Crippen LogP contribution in [0.5, 0.6) is 0 Å². The van der Waals surface area contributed by atoms with Crippen LogP contribution in [0, 0.1) is 0 Å². The zero-order valence-electron chi connectivity index (χ0n) is 5.78. The fourth-order valence-corrected chi connectivity index (χ4v) is 0. The van der Waals surface area contributed by atoms with Crippen LogP contribution in [0.1, 0.15) is 13.8 Å². The van der Waals surface area contributed by atoms with Crippen molar-refractivity contribution in [2.45, 2.75) is 20.1 Å². The van der Waals surface area contributed by atoms with E-state index in [9.17, 15) is 0 Å². The van der Waals surface area contributed by atoms with Crippen molar-refractivity contribution >= 4 is 0 Å². The van der Waals surface area contributed by atoms with Crippen molar-refractivity contribution in [2.75, 3.05) is 6.61 Å². The Morgan fingerprint density at radius 3 is 1.44 bits per heavy atom. The first-order valence-electron chi connectivity index (χ1n) is 2.73. The molecule has 9 heavy (non-hydrogen) atoms. The largest absolute Gasteiger partial charge is 0.391 e. The van der Waals surface area contributed by atoms with E-state index in [1.54, 1.807) is 0 Å². The van der Waals surface area contributed by atoms with Gasteiger partial charge in [0, 0.05) is 0 Å². The van der Waals surface area contributed by atoms with E-state index < -0.39 is 12.9 Å². The van der Waals surface area contributed by atoms with Crippen molar-refractivity contribution in [3.05, 3.63) is 12.2 Å². The highest BCUT2D eigenvalue weighted by Crippen LogP contribution is 1.62. The Labute approximate surface area is 55.3 Å². The molecule has 0 aromatic rings. The summed E-state index contributed by atoms with van der Waals surface area (Å²) in [6.07, 6.45) is 2.44. The smallest absolute Gasteiger partial charge is 0.175 e. The van der Waals surface area contributed by atoms with Gasteiger partial charge in [-0.2, -0.15) is 0 Å². The summed E-state index contributed by atoms with van der Waals surface area (Å²) in [6, 6.07) is 0. The van der Waals surface area contributed by atoms with Gasteiger partial charge >= 0.3 is 0 Å². The van der Waals surface area contributed by atoms with Gasteiger partial charge in [0.15, 0.2) is 6.29 Å². The molecule has 0 atom stereocenters. The molecule has 0 spiro atoms. The van der Waals surface area contributed by atoms with Gasteiger partial charge in [-0.1, -0.05) is 12.2 Å². The third kappa shape index (κ3) is 35.1. The van der Waals surface area contributed by atoms with Crippen molar-refractivity contribution in [3.63, 3.8) is 0 Å². The Morgan fingerprint density at radius 1 is 1.22 bits per heavy atom. The van der Waals surface area contributed by atoms with Gasteiger partial charge in [-0.3, -0.25) is 0 Å². The minimum atomic E-state index is -1.56. The molecule has 0 aromatic heterocycles. The molecule has 0 unspecified atom stereocenters. The number of hydrogen-bond donors (Lipinski definition) is 3. The average Bonchev–Trinajstić information content (AvgIpc) is 1.89. The lowest BCUT2D eigenvalue weighted by Gasteiger charge is -1.89. The molecule has 0 fully saturated rings. The van der Waals surface area contributed by atoms with Gasteiger partial charge in [0.1, 0.15) is 0 Å².